The first-order chi connectivity index (χ1) is 21.7. The predicted molar refractivity (Wildman–Crippen MR) is 180 cm³/mol. The Hall–Kier alpha value is -3.36. The Morgan fingerprint density at radius 2 is 1.69 bits per heavy atom. The van der Waals surface area contributed by atoms with Crippen LogP contribution in [-0.2, 0) is 20.9 Å². The van der Waals surface area contributed by atoms with Crippen LogP contribution in [0.5, 0.6) is 0 Å². The molecule has 0 aromatic heterocycles. The molecule has 0 aliphatic carbocycles. The second-order valence-electron chi connectivity index (χ2n) is 13.0. The second kappa shape index (κ2) is 13.6. The zero-order chi connectivity index (χ0) is 32.4. The van der Waals surface area contributed by atoms with Gasteiger partial charge in [-0.1, -0.05) is 86.2 Å². The molecule has 5 rings (SSSR count). The van der Waals surface area contributed by atoms with Gasteiger partial charge in [-0.05, 0) is 44.2 Å². The van der Waals surface area contributed by atoms with Crippen LogP contribution >= 0.6 is 11.8 Å². The molecule has 1 N–H and O–H groups in total. The molecule has 0 radical (unpaired) electrons. The number of hydrogen-bond donors (Lipinski definition) is 1. The number of amides is 3. The van der Waals surface area contributed by atoms with E-state index in [-0.39, 0.29) is 30.4 Å². The zero-order valence-corrected chi connectivity index (χ0v) is 27.6. The normalized spacial score (nSPS) is 28.0. The molecule has 2 aromatic rings. The van der Waals surface area contributed by atoms with Crippen LogP contribution in [-0.4, -0.2) is 78.8 Å². The average molecular weight is 630 g/mol. The number of fused-ring (bicyclic) bond motifs is 1. The number of aliphatic hydroxyl groups is 1. The molecule has 3 aliphatic rings. The Balaban J connectivity index is 1.62. The first-order valence-corrected chi connectivity index (χ1v) is 17.0. The first kappa shape index (κ1) is 33.0. The molecule has 45 heavy (non-hydrogen) atoms. The summed E-state index contributed by atoms with van der Waals surface area (Å²) < 4.78 is -1.29. The maximum absolute atomic E-state index is 15.0. The lowest BCUT2D eigenvalue weighted by Gasteiger charge is -2.41. The van der Waals surface area contributed by atoms with E-state index in [2.05, 4.69) is 27.0 Å². The SMILES string of the molecule is C=CCN(Cc1ccccc1)C(=O)[C@@H]1[C@H]2C(=O)N([C@H](CO)c3ccccc3)C(C(=O)N(CC=C)C(C)CCC)C23CC[C@@]1(C)S3. The van der Waals surface area contributed by atoms with Crippen LogP contribution in [0.1, 0.15) is 63.6 Å². The molecular formula is C37H47N3O4S. The standard InChI is InChI=1S/C37H47N3O4S/c1-6-15-26(4)39(23-8-3)35(44)32-37-21-20-36(5,45-37)30(33(42)38(22-7-2)24-27-16-11-9-12-17-27)31(37)34(43)40(32)29(25-41)28-18-13-10-14-19-28/h7-14,16-19,26,29-32,41H,2-3,6,15,20-25H2,1,4-5H3/t26?,29-,30+,31+,32?,36-,37?/m1/s1. The van der Waals surface area contributed by atoms with Gasteiger partial charge < -0.3 is 19.8 Å². The number of thioether (sulfide) groups is 1. The van der Waals surface area contributed by atoms with Crippen LogP contribution in [0.3, 0.4) is 0 Å². The minimum Gasteiger partial charge on any atom is -0.394 e. The van der Waals surface area contributed by atoms with Crippen molar-refractivity contribution in [1.29, 1.82) is 0 Å². The predicted octanol–water partition coefficient (Wildman–Crippen LogP) is 5.62. The molecule has 3 saturated heterocycles. The third-order valence-electron chi connectivity index (χ3n) is 10.1. The van der Waals surface area contributed by atoms with E-state index < -0.39 is 33.4 Å². The molecule has 3 unspecified atom stereocenters. The van der Waals surface area contributed by atoms with Gasteiger partial charge in [0.2, 0.25) is 17.7 Å². The molecule has 0 saturated carbocycles. The van der Waals surface area contributed by atoms with Gasteiger partial charge in [-0.25, -0.2) is 0 Å². The number of nitrogens with zero attached hydrogens (tertiary/aromatic N) is 3. The van der Waals surface area contributed by atoms with Crippen molar-refractivity contribution in [1.82, 2.24) is 14.7 Å². The van der Waals surface area contributed by atoms with E-state index >= 15 is 0 Å². The van der Waals surface area contributed by atoms with Crippen LogP contribution in [0.25, 0.3) is 0 Å². The molecule has 3 heterocycles. The molecule has 7 nitrogen and oxygen atoms in total. The maximum Gasteiger partial charge on any atom is 0.247 e. The molecule has 2 aromatic carbocycles. The quantitative estimate of drug-likeness (QED) is 0.275. The van der Waals surface area contributed by atoms with Crippen molar-refractivity contribution in [2.24, 2.45) is 11.8 Å². The summed E-state index contributed by atoms with van der Waals surface area (Å²) in [6, 6.07) is 17.7. The third-order valence-corrected chi connectivity index (χ3v) is 12.1. The molecule has 8 heteroatoms. The van der Waals surface area contributed by atoms with Crippen LogP contribution in [0, 0.1) is 11.8 Å². The van der Waals surface area contributed by atoms with Crippen molar-refractivity contribution in [3.8, 4) is 0 Å². The van der Waals surface area contributed by atoms with E-state index in [0.717, 1.165) is 30.4 Å². The summed E-state index contributed by atoms with van der Waals surface area (Å²) in [7, 11) is 0. The number of aliphatic hydroxyl groups excluding tert-OH is 1. The summed E-state index contributed by atoms with van der Waals surface area (Å²) >= 11 is 1.67. The monoisotopic (exact) mass is 629 g/mol. The Morgan fingerprint density at radius 3 is 2.29 bits per heavy atom. The van der Waals surface area contributed by atoms with E-state index in [4.69, 9.17) is 0 Å². The molecule has 3 fully saturated rings. The summed E-state index contributed by atoms with van der Waals surface area (Å²) in [5.41, 5.74) is 1.77. The third kappa shape index (κ3) is 5.76. The van der Waals surface area contributed by atoms with Gasteiger partial charge in [-0.3, -0.25) is 14.4 Å². The smallest absolute Gasteiger partial charge is 0.247 e. The fourth-order valence-electron chi connectivity index (χ4n) is 8.13. The lowest BCUT2D eigenvalue weighted by Crippen LogP contribution is -2.57. The van der Waals surface area contributed by atoms with E-state index in [1.54, 1.807) is 33.7 Å². The summed E-state index contributed by atoms with van der Waals surface area (Å²) in [5.74, 6) is -1.72. The van der Waals surface area contributed by atoms with Crippen LogP contribution in [0.15, 0.2) is 86.0 Å². The number of carbonyl (C=O) groups is 3. The van der Waals surface area contributed by atoms with Crippen molar-refractivity contribution in [2.75, 3.05) is 19.7 Å². The summed E-state index contributed by atoms with van der Waals surface area (Å²) in [6.07, 6.45) is 6.58. The van der Waals surface area contributed by atoms with Gasteiger partial charge in [0.15, 0.2) is 0 Å². The van der Waals surface area contributed by atoms with Crippen LogP contribution in [0.2, 0.25) is 0 Å². The fourth-order valence-corrected chi connectivity index (χ4v) is 10.5. The fraction of sp³-hybridized carbons (Fsp3) is 0.486. The summed E-state index contributed by atoms with van der Waals surface area (Å²) in [4.78, 5) is 49.9. The highest BCUT2D eigenvalue weighted by atomic mass is 32.2. The van der Waals surface area contributed by atoms with Crippen LogP contribution < -0.4 is 0 Å². The van der Waals surface area contributed by atoms with E-state index in [0.29, 0.717) is 26.1 Å². The summed E-state index contributed by atoms with van der Waals surface area (Å²) in [6.45, 7) is 14.9. The van der Waals surface area contributed by atoms with E-state index in [1.807, 2.05) is 72.5 Å². The first-order valence-electron chi connectivity index (χ1n) is 16.2. The molecule has 240 valence electrons. The number of benzene rings is 2. The van der Waals surface area contributed by atoms with Gasteiger partial charge >= 0.3 is 0 Å². The number of rotatable bonds is 14. The lowest BCUT2D eigenvalue weighted by molar-refractivity contribution is -0.148. The zero-order valence-electron chi connectivity index (χ0n) is 26.8. The van der Waals surface area contributed by atoms with Gasteiger partial charge in [0.05, 0.1) is 29.2 Å². The average Bonchev–Trinajstić information content (AvgIpc) is 3.61. The van der Waals surface area contributed by atoms with Gasteiger partial charge in [-0.2, -0.15) is 0 Å². The topological polar surface area (TPSA) is 81.2 Å². The largest absolute Gasteiger partial charge is 0.394 e. The molecule has 3 amide bonds. The number of likely N-dealkylation sites (tertiary alicyclic amines) is 1. The molecule has 1 spiro atoms. The van der Waals surface area contributed by atoms with Crippen molar-refractivity contribution < 1.29 is 19.5 Å². The summed E-state index contributed by atoms with van der Waals surface area (Å²) in [5, 5.41) is 10.8. The number of carbonyl (C=O) groups excluding carboxylic acids is 3. The Bertz CT molecular complexity index is 1400. The minimum atomic E-state index is -0.821. The highest BCUT2D eigenvalue weighted by Crippen LogP contribution is 2.72. The van der Waals surface area contributed by atoms with Crippen molar-refractivity contribution in [3.05, 3.63) is 97.1 Å². The molecule has 3 aliphatic heterocycles. The molecule has 2 bridgehead atoms. The highest BCUT2D eigenvalue weighted by Gasteiger charge is 2.78. The minimum absolute atomic E-state index is 0.0530. The van der Waals surface area contributed by atoms with Crippen molar-refractivity contribution >= 4 is 29.5 Å². The number of hydrogen-bond acceptors (Lipinski definition) is 5. The van der Waals surface area contributed by atoms with Gasteiger partial charge in [-0.15, -0.1) is 24.9 Å². The van der Waals surface area contributed by atoms with Crippen molar-refractivity contribution in [2.45, 2.75) is 80.6 Å². The van der Waals surface area contributed by atoms with Crippen molar-refractivity contribution in [3.63, 3.8) is 0 Å². The Morgan fingerprint density at radius 1 is 1.04 bits per heavy atom. The maximum atomic E-state index is 15.0. The van der Waals surface area contributed by atoms with E-state index in [9.17, 15) is 19.5 Å². The second-order valence-corrected chi connectivity index (χ2v) is 14.9. The Kier molecular flexibility index (Phi) is 9.94. The molecular weight excluding hydrogens is 582 g/mol. The van der Waals surface area contributed by atoms with E-state index in [1.165, 1.54) is 0 Å². The molecule has 7 atom stereocenters. The van der Waals surface area contributed by atoms with Gasteiger partial charge in [0, 0.05) is 30.4 Å². The van der Waals surface area contributed by atoms with Crippen LogP contribution in [0.4, 0.5) is 0 Å². The highest BCUT2D eigenvalue weighted by molar-refractivity contribution is 8.02. The lowest BCUT2D eigenvalue weighted by atomic mass is 9.66. The van der Waals surface area contributed by atoms with Gasteiger partial charge in [0.1, 0.15) is 6.04 Å². The van der Waals surface area contributed by atoms with Gasteiger partial charge in [0.25, 0.3) is 0 Å². The Labute approximate surface area is 272 Å².